The van der Waals surface area contributed by atoms with Gasteiger partial charge in [-0.2, -0.15) is 0 Å². The molecule has 1 aromatic heterocycles. The van der Waals surface area contributed by atoms with E-state index in [1.54, 1.807) is 23.5 Å². The third-order valence-electron chi connectivity index (χ3n) is 5.89. The topological polar surface area (TPSA) is 24.9 Å². The number of halogens is 1. The van der Waals surface area contributed by atoms with E-state index in [4.69, 9.17) is 0 Å². The first-order chi connectivity index (χ1) is 9.88. The lowest BCUT2D eigenvalue weighted by Gasteiger charge is -2.43. The van der Waals surface area contributed by atoms with E-state index in [0.717, 1.165) is 21.3 Å². The second-order valence-corrected chi connectivity index (χ2v) is 8.65. The summed E-state index contributed by atoms with van der Waals surface area (Å²) in [5.74, 6) is 0.622. The lowest BCUT2D eigenvalue weighted by atomic mass is 9.68. The zero-order chi connectivity index (χ0) is 14.8. The molecule has 1 heterocycles. The molecule has 0 radical (unpaired) electrons. The molecule has 2 nitrogen and oxygen atoms in total. The van der Waals surface area contributed by atoms with Gasteiger partial charge in [0.15, 0.2) is 5.13 Å². The van der Waals surface area contributed by atoms with Crippen molar-refractivity contribution in [3.63, 3.8) is 0 Å². The Labute approximate surface area is 128 Å². The summed E-state index contributed by atoms with van der Waals surface area (Å²) in [5, 5.41) is 4.63. The molecule has 0 amide bonds. The monoisotopic (exact) mass is 304 g/mol. The van der Waals surface area contributed by atoms with Crippen molar-refractivity contribution in [1.29, 1.82) is 0 Å². The number of anilines is 1. The van der Waals surface area contributed by atoms with E-state index in [1.807, 2.05) is 0 Å². The molecule has 1 aromatic carbocycles. The van der Waals surface area contributed by atoms with Gasteiger partial charge in [-0.25, -0.2) is 9.37 Å². The second-order valence-electron chi connectivity index (χ2n) is 7.62. The first-order valence-electron chi connectivity index (χ1n) is 7.71. The number of hydrogen-bond acceptors (Lipinski definition) is 3. The van der Waals surface area contributed by atoms with Gasteiger partial charge in [0, 0.05) is 6.04 Å². The maximum atomic E-state index is 13.3. The summed E-state index contributed by atoms with van der Waals surface area (Å²) in [6.45, 7) is 7.17. The molecule has 2 fully saturated rings. The molecule has 2 bridgehead atoms. The third kappa shape index (κ3) is 1.91. The SMILES string of the molecule is CC12CCC(C1)C(C)(C)C2Nc1nc2ccc(F)cc2s1. The number of fused-ring (bicyclic) bond motifs is 3. The third-order valence-corrected chi connectivity index (χ3v) is 6.84. The van der Waals surface area contributed by atoms with Crippen molar-refractivity contribution in [2.45, 2.75) is 46.1 Å². The molecule has 4 rings (SSSR count). The Hall–Kier alpha value is -1.16. The van der Waals surface area contributed by atoms with E-state index in [-0.39, 0.29) is 5.82 Å². The zero-order valence-corrected chi connectivity index (χ0v) is 13.6. The Balaban J connectivity index is 1.68. The predicted octanol–water partition coefficient (Wildman–Crippen LogP) is 5.06. The highest BCUT2D eigenvalue weighted by Crippen LogP contribution is 2.63. The summed E-state index contributed by atoms with van der Waals surface area (Å²) in [7, 11) is 0. The minimum absolute atomic E-state index is 0.190. The standard InChI is InChI=1S/C17H21FN2S/c1-16(2)10-6-7-17(3,9-10)14(16)20-15-19-12-5-4-11(18)8-13(12)21-15/h4-5,8,10,14H,6-7,9H2,1-3H3,(H,19,20). The Morgan fingerprint density at radius 1 is 1.33 bits per heavy atom. The van der Waals surface area contributed by atoms with E-state index in [2.05, 4.69) is 31.1 Å². The fourth-order valence-electron chi connectivity index (χ4n) is 4.75. The number of rotatable bonds is 2. The Bertz CT molecular complexity index is 703. The van der Waals surface area contributed by atoms with E-state index in [0.29, 0.717) is 16.9 Å². The molecular formula is C17H21FN2S. The first kappa shape index (κ1) is 13.5. The van der Waals surface area contributed by atoms with Crippen molar-refractivity contribution in [1.82, 2.24) is 4.98 Å². The van der Waals surface area contributed by atoms with Gasteiger partial charge in [-0.05, 0) is 54.2 Å². The van der Waals surface area contributed by atoms with Crippen LogP contribution in [0.2, 0.25) is 0 Å². The van der Waals surface area contributed by atoms with Crippen LogP contribution in [0.25, 0.3) is 10.2 Å². The minimum Gasteiger partial charge on any atom is -0.358 e. The summed E-state index contributed by atoms with van der Waals surface area (Å²) < 4.78 is 14.2. The molecule has 21 heavy (non-hydrogen) atoms. The maximum Gasteiger partial charge on any atom is 0.184 e. The van der Waals surface area contributed by atoms with Gasteiger partial charge in [0.05, 0.1) is 10.2 Å². The molecule has 0 saturated heterocycles. The van der Waals surface area contributed by atoms with Gasteiger partial charge in [-0.15, -0.1) is 0 Å². The van der Waals surface area contributed by atoms with Crippen molar-refractivity contribution in [3.05, 3.63) is 24.0 Å². The normalized spacial score (nSPS) is 33.7. The fraction of sp³-hybridized carbons (Fsp3) is 0.588. The molecule has 1 N–H and O–H groups in total. The molecule has 2 aliphatic rings. The first-order valence-corrected chi connectivity index (χ1v) is 8.53. The zero-order valence-electron chi connectivity index (χ0n) is 12.7. The van der Waals surface area contributed by atoms with Crippen molar-refractivity contribution < 1.29 is 4.39 Å². The summed E-state index contributed by atoms with van der Waals surface area (Å²) >= 11 is 1.56. The van der Waals surface area contributed by atoms with Crippen LogP contribution in [0.3, 0.4) is 0 Å². The second kappa shape index (κ2) is 4.19. The summed E-state index contributed by atoms with van der Waals surface area (Å²) in [6.07, 6.45) is 3.97. The number of nitrogens with zero attached hydrogens (tertiary/aromatic N) is 1. The Kier molecular flexibility index (Phi) is 2.69. The van der Waals surface area contributed by atoms with Gasteiger partial charge in [0.1, 0.15) is 5.82 Å². The van der Waals surface area contributed by atoms with Crippen LogP contribution >= 0.6 is 11.3 Å². The molecule has 112 valence electrons. The molecule has 0 aliphatic heterocycles. The van der Waals surface area contributed by atoms with Crippen LogP contribution in [-0.2, 0) is 0 Å². The predicted molar refractivity (Wildman–Crippen MR) is 86.2 cm³/mol. The number of hydrogen-bond donors (Lipinski definition) is 1. The molecule has 3 atom stereocenters. The lowest BCUT2D eigenvalue weighted by molar-refractivity contribution is 0.155. The number of thiazole rings is 1. The minimum atomic E-state index is -0.190. The highest BCUT2D eigenvalue weighted by atomic mass is 32.1. The molecule has 4 heteroatoms. The quantitative estimate of drug-likeness (QED) is 0.838. The van der Waals surface area contributed by atoms with Gasteiger partial charge in [-0.1, -0.05) is 32.1 Å². The average Bonchev–Trinajstić information content (AvgIpc) is 3.03. The number of aromatic nitrogens is 1. The summed E-state index contributed by atoms with van der Waals surface area (Å²) in [5.41, 5.74) is 1.56. The summed E-state index contributed by atoms with van der Waals surface area (Å²) in [4.78, 5) is 4.64. The highest BCUT2D eigenvalue weighted by Gasteiger charge is 2.59. The van der Waals surface area contributed by atoms with Crippen LogP contribution in [0.5, 0.6) is 0 Å². The van der Waals surface area contributed by atoms with Crippen molar-refractivity contribution in [2.24, 2.45) is 16.7 Å². The van der Waals surface area contributed by atoms with Crippen molar-refractivity contribution >= 4 is 26.7 Å². The maximum absolute atomic E-state index is 13.3. The van der Waals surface area contributed by atoms with E-state index in [9.17, 15) is 4.39 Å². The van der Waals surface area contributed by atoms with E-state index in [1.165, 1.54) is 25.3 Å². The number of benzene rings is 1. The molecule has 2 aliphatic carbocycles. The van der Waals surface area contributed by atoms with E-state index >= 15 is 0 Å². The molecule has 0 spiro atoms. The molecule has 2 aromatic rings. The smallest absolute Gasteiger partial charge is 0.184 e. The lowest BCUT2D eigenvalue weighted by Crippen LogP contribution is -2.45. The van der Waals surface area contributed by atoms with Crippen LogP contribution < -0.4 is 5.32 Å². The van der Waals surface area contributed by atoms with Crippen LogP contribution in [0.1, 0.15) is 40.0 Å². The number of nitrogens with one attached hydrogen (secondary N) is 1. The van der Waals surface area contributed by atoms with Crippen LogP contribution in [0.4, 0.5) is 9.52 Å². The van der Waals surface area contributed by atoms with Gasteiger partial charge >= 0.3 is 0 Å². The summed E-state index contributed by atoms with van der Waals surface area (Å²) in [6, 6.07) is 5.27. The largest absolute Gasteiger partial charge is 0.358 e. The van der Waals surface area contributed by atoms with Crippen molar-refractivity contribution in [3.8, 4) is 0 Å². The van der Waals surface area contributed by atoms with Gasteiger partial charge < -0.3 is 5.32 Å². The fourth-order valence-corrected chi connectivity index (χ4v) is 5.66. The van der Waals surface area contributed by atoms with Crippen molar-refractivity contribution in [2.75, 3.05) is 5.32 Å². The molecule has 2 saturated carbocycles. The van der Waals surface area contributed by atoms with Gasteiger partial charge in [0.2, 0.25) is 0 Å². The highest BCUT2D eigenvalue weighted by molar-refractivity contribution is 7.22. The van der Waals surface area contributed by atoms with E-state index < -0.39 is 0 Å². The van der Waals surface area contributed by atoms with Crippen LogP contribution in [0.15, 0.2) is 18.2 Å². The average molecular weight is 304 g/mol. The van der Waals surface area contributed by atoms with Crippen LogP contribution in [0, 0.1) is 22.6 Å². The van der Waals surface area contributed by atoms with Crippen LogP contribution in [-0.4, -0.2) is 11.0 Å². The Morgan fingerprint density at radius 2 is 2.14 bits per heavy atom. The van der Waals surface area contributed by atoms with Gasteiger partial charge in [-0.3, -0.25) is 0 Å². The Morgan fingerprint density at radius 3 is 2.86 bits per heavy atom. The molecule has 3 unspecified atom stereocenters. The molecular weight excluding hydrogens is 283 g/mol. The van der Waals surface area contributed by atoms with Gasteiger partial charge in [0.25, 0.3) is 0 Å².